The third kappa shape index (κ3) is 2.33. The number of hydrogen-bond donors (Lipinski definition) is 1. The number of carboxylic acid groups (broad SMARTS) is 1. The zero-order valence-electron chi connectivity index (χ0n) is 8.48. The van der Waals surface area contributed by atoms with Crippen LogP contribution in [-0.4, -0.2) is 20.6 Å². The molecule has 0 bridgehead atoms. The van der Waals surface area contributed by atoms with Crippen LogP contribution < -0.4 is 0 Å². The van der Waals surface area contributed by atoms with Crippen molar-refractivity contribution in [2.24, 2.45) is 0 Å². The first-order chi connectivity index (χ1) is 7.56. The van der Waals surface area contributed by atoms with E-state index >= 15 is 0 Å². The van der Waals surface area contributed by atoms with Gasteiger partial charge in [0.15, 0.2) is 0 Å². The lowest BCUT2D eigenvalue weighted by Crippen LogP contribution is -1.98. The quantitative estimate of drug-likeness (QED) is 0.948. The van der Waals surface area contributed by atoms with Crippen LogP contribution in [0.15, 0.2) is 22.2 Å². The molecule has 0 saturated carbocycles. The Morgan fingerprint density at radius 2 is 2.44 bits per heavy atom. The molecule has 0 amide bonds. The minimum Gasteiger partial charge on any atom is -0.478 e. The van der Waals surface area contributed by atoms with E-state index < -0.39 is 5.97 Å². The molecule has 1 N–H and O–H groups in total. The van der Waals surface area contributed by atoms with Crippen LogP contribution >= 0.6 is 27.3 Å². The van der Waals surface area contributed by atoms with Gasteiger partial charge in [-0.3, -0.25) is 0 Å². The van der Waals surface area contributed by atoms with E-state index in [0.717, 1.165) is 15.3 Å². The molecule has 0 aliphatic rings. The van der Waals surface area contributed by atoms with Crippen LogP contribution in [0.3, 0.4) is 0 Å². The van der Waals surface area contributed by atoms with Crippen molar-refractivity contribution in [3.8, 4) is 0 Å². The lowest BCUT2D eigenvalue weighted by molar-refractivity contribution is 0.0697. The average Bonchev–Trinajstić information content (AvgIpc) is 2.75. The first-order valence-corrected chi connectivity index (χ1v) is 6.23. The normalized spacial score (nSPS) is 10.6. The van der Waals surface area contributed by atoms with E-state index in [1.807, 2.05) is 16.9 Å². The van der Waals surface area contributed by atoms with Gasteiger partial charge in [-0.2, -0.15) is 0 Å². The SMILES string of the molecule is Cc1csc(Cn2cc(C(=O)O)cc2Br)n1. The minimum absolute atomic E-state index is 0.278. The van der Waals surface area contributed by atoms with Gasteiger partial charge in [-0.05, 0) is 28.9 Å². The number of aryl methyl sites for hydroxylation is 1. The number of carboxylic acids is 1. The molecule has 0 saturated heterocycles. The summed E-state index contributed by atoms with van der Waals surface area (Å²) in [4.78, 5) is 15.1. The number of halogens is 1. The van der Waals surface area contributed by atoms with Gasteiger partial charge in [0.05, 0.1) is 16.7 Å². The van der Waals surface area contributed by atoms with E-state index in [4.69, 9.17) is 5.11 Å². The van der Waals surface area contributed by atoms with E-state index in [1.165, 1.54) is 0 Å². The van der Waals surface area contributed by atoms with Gasteiger partial charge in [0, 0.05) is 17.3 Å². The van der Waals surface area contributed by atoms with Crippen molar-refractivity contribution in [2.75, 3.05) is 0 Å². The molecule has 0 aliphatic heterocycles. The zero-order chi connectivity index (χ0) is 11.7. The highest BCUT2D eigenvalue weighted by molar-refractivity contribution is 9.10. The highest BCUT2D eigenvalue weighted by Crippen LogP contribution is 2.18. The molecule has 2 aromatic heterocycles. The minimum atomic E-state index is -0.922. The Morgan fingerprint density at radius 1 is 1.69 bits per heavy atom. The number of carbonyl (C=O) groups is 1. The van der Waals surface area contributed by atoms with Gasteiger partial charge in [-0.1, -0.05) is 0 Å². The molecule has 0 fully saturated rings. The van der Waals surface area contributed by atoms with Crippen molar-refractivity contribution in [2.45, 2.75) is 13.5 Å². The van der Waals surface area contributed by atoms with E-state index in [0.29, 0.717) is 6.54 Å². The largest absolute Gasteiger partial charge is 0.478 e. The van der Waals surface area contributed by atoms with Crippen LogP contribution in [0.2, 0.25) is 0 Å². The van der Waals surface area contributed by atoms with Gasteiger partial charge < -0.3 is 9.67 Å². The van der Waals surface area contributed by atoms with Gasteiger partial charge in [0.1, 0.15) is 5.01 Å². The van der Waals surface area contributed by atoms with Crippen molar-refractivity contribution >= 4 is 33.2 Å². The second kappa shape index (κ2) is 4.39. The average molecular weight is 301 g/mol. The van der Waals surface area contributed by atoms with Gasteiger partial charge in [-0.25, -0.2) is 9.78 Å². The van der Waals surface area contributed by atoms with Gasteiger partial charge in [-0.15, -0.1) is 11.3 Å². The molecule has 2 heterocycles. The fraction of sp³-hybridized carbons (Fsp3) is 0.200. The zero-order valence-corrected chi connectivity index (χ0v) is 10.9. The Morgan fingerprint density at radius 3 is 2.94 bits per heavy atom. The first-order valence-electron chi connectivity index (χ1n) is 4.56. The summed E-state index contributed by atoms with van der Waals surface area (Å²) in [6.45, 7) is 2.53. The molecule has 0 unspecified atom stereocenters. The Balaban J connectivity index is 2.24. The number of aromatic carboxylic acids is 1. The summed E-state index contributed by atoms with van der Waals surface area (Å²) in [5.41, 5.74) is 1.27. The molecule has 0 aromatic carbocycles. The maximum absolute atomic E-state index is 10.8. The smallest absolute Gasteiger partial charge is 0.337 e. The van der Waals surface area contributed by atoms with Gasteiger partial charge >= 0.3 is 5.97 Å². The molecular weight excluding hydrogens is 292 g/mol. The van der Waals surface area contributed by atoms with Crippen LogP contribution in [0.25, 0.3) is 0 Å². The Kier molecular flexibility index (Phi) is 3.11. The van der Waals surface area contributed by atoms with Crippen molar-refractivity contribution in [1.29, 1.82) is 0 Å². The third-order valence-corrected chi connectivity index (χ3v) is 3.70. The van der Waals surface area contributed by atoms with Crippen molar-refractivity contribution in [1.82, 2.24) is 9.55 Å². The Hall–Kier alpha value is -1.14. The number of thiazole rings is 1. The molecular formula is C10H9BrN2O2S. The molecule has 2 rings (SSSR count). The summed E-state index contributed by atoms with van der Waals surface area (Å²) in [5, 5.41) is 11.8. The Bertz CT molecular complexity index is 533. The second-order valence-corrected chi connectivity index (χ2v) is 5.12. The molecule has 0 aliphatic carbocycles. The van der Waals surface area contributed by atoms with E-state index in [-0.39, 0.29) is 5.56 Å². The molecule has 0 radical (unpaired) electrons. The van der Waals surface area contributed by atoms with Crippen molar-refractivity contribution in [3.05, 3.63) is 38.5 Å². The standard InChI is InChI=1S/C10H9BrN2O2S/c1-6-5-16-9(12-6)4-13-3-7(10(14)15)2-8(13)11/h2-3,5H,4H2,1H3,(H,14,15). The van der Waals surface area contributed by atoms with Crippen LogP contribution in [0, 0.1) is 6.92 Å². The fourth-order valence-electron chi connectivity index (χ4n) is 1.34. The lowest BCUT2D eigenvalue weighted by Gasteiger charge is -2.00. The lowest BCUT2D eigenvalue weighted by atomic mass is 10.4. The predicted molar refractivity (Wildman–Crippen MR) is 65.0 cm³/mol. The molecule has 16 heavy (non-hydrogen) atoms. The van der Waals surface area contributed by atoms with Crippen molar-refractivity contribution in [3.63, 3.8) is 0 Å². The highest BCUT2D eigenvalue weighted by Gasteiger charge is 2.10. The number of aromatic nitrogens is 2. The number of rotatable bonds is 3. The monoisotopic (exact) mass is 300 g/mol. The maximum atomic E-state index is 10.8. The molecule has 84 valence electrons. The van der Waals surface area contributed by atoms with Gasteiger partial charge in [0.25, 0.3) is 0 Å². The van der Waals surface area contributed by atoms with Crippen molar-refractivity contribution < 1.29 is 9.90 Å². The summed E-state index contributed by atoms with van der Waals surface area (Å²) >= 11 is 4.90. The highest BCUT2D eigenvalue weighted by atomic mass is 79.9. The molecule has 6 heteroatoms. The molecule has 0 spiro atoms. The topological polar surface area (TPSA) is 55.1 Å². The summed E-state index contributed by atoms with van der Waals surface area (Å²) in [6, 6.07) is 1.59. The second-order valence-electron chi connectivity index (χ2n) is 3.37. The van der Waals surface area contributed by atoms with E-state index in [1.54, 1.807) is 23.6 Å². The third-order valence-electron chi connectivity index (χ3n) is 2.06. The van der Waals surface area contributed by atoms with Crippen LogP contribution in [0.5, 0.6) is 0 Å². The number of nitrogens with zero attached hydrogens (tertiary/aromatic N) is 2. The van der Waals surface area contributed by atoms with Crippen LogP contribution in [0.4, 0.5) is 0 Å². The van der Waals surface area contributed by atoms with E-state index in [9.17, 15) is 4.79 Å². The number of hydrogen-bond acceptors (Lipinski definition) is 3. The summed E-state index contributed by atoms with van der Waals surface area (Å²) in [7, 11) is 0. The Labute approximate surface area is 105 Å². The fourth-order valence-corrected chi connectivity index (χ4v) is 2.58. The molecule has 0 atom stereocenters. The summed E-state index contributed by atoms with van der Waals surface area (Å²) < 4.78 is 2.57. The molecule has 4 nitrogen and oxygen atoms in total. The first kappa shape index (κ1) is 11.3. The summed E-state index contributed by atoms with van der Waals surface area (Å²) in [5.74, 6) is -0.922. The molecule has 2 aromatic rings. The van der Waals surface area contributed by atoms with Crippen LogP contribution in [-0.2, 0) is 6.54 Å². The van der Waals surface area contributed by atoms with E-state index in [2.05, 4.69) is 20.9 Å². The maximum Gasteiger partial charge on any atom is 0.337 e. The predicted octanol–water partition coefficient (Wildman–Crippen LogP) is 2.76. The van der Waals surface area contributed by atoms with Crippen LogP contribution in [0.1, 0.15) is 21.1 Å². The summed E-state index contributed by atoms with van der Waals surface area (Å²) in [6.07, 6.45) is 1.60. The van der Waals surface area contributed by atoms with Gasteiger partial charge in [0.2, 0.25) is 0 Å².